The second kappa shape index (κ2) is 3.94. The average Bonchev–Trinajstić information content (AvgIpc) is 2.19. The van der Waals surface area contributed by atoms with E-state index in [9.17, 15) is 4.79 Å². The van der Waals surface area contributed by atoms with Gasteiger partial charge in [-0.15, -0.1) is 0 Å². The molecule has 1 atom stereocenters. The van der Waals surface area contributed by atoms with Crippen LogP contribution in [0.4, 0.5) is 0 Å². The summed E-state index contributed by atoms with van der Waals surface area (Å²) in [5.74, 6) is 0. The summed E-state index contributed by atoms with van der Waals surface area (Å²) in [6, 6.07) is 1.65. The van der Waals surface area contributed by atoms with Gasteiger partial charge in [0.25, 0.3) is 0 Å². The van der Waals surface area contributed by atoms with Crippen molar-refractivity contribution in [2.45, 2.75) is 13.0 Å². The summed E-state index contributed by atoms with van der Waals surface area (Å²) in [4.78, 5) is 14.7. The van der Waals surface area contributed by atoms with Gasteiger partial charge in [0.05, 0.1) is 19.3 Å². The van der Waals surface area contributed by atoms with Crippen LogP contribution in [0.2, 0.25) is 0 Å². The number of aromatic nitrogens is 1. The van der Waals surface area contributed by atoms with Gasteiger partial charge >= 0.3 is 0 Å². The summed E-state index contributed by atoms with van der Waals surface area (Å²) in [5.41, 5.74) is 1.72. The second-order valence-corrected chi connectivity index (χ2v) is 3.52. The molecule has 1 aromatic rings. The van der Waals surface area contributed by atoms with Gasteiger partial charge in [0.2, 0.25) is 0 Å². The van der Waals surface area contributed by atoms with Crippen molar-refractivity contribution in [1.82, 2.24) is 10.3 Å². The number of aryl methyl sites for hydroxylation is 1. The van der Waals surface area contributed by atoms with Crippen LogP contribution in [0, 0.1) is 6.92 Å². The predicted molar refractivity (Wildman–Crippen MR) is 53.4 cm³/mol. The molecule has 1 aliphatic rings. The molecule has 1 fully saturated rings. The highest BCUT2D eigenvalue weighted by Crippen LogP contribution is 2.10. The number of H-pyrrole nitrogens is 1. The highest BCUT2D eigenvalue weighted by molar-refractivity contribution is 5.18. The van der Waals surface area contributed by atoms with Gasteiger partial charge in [-0.3, -0.25) is 4.79 Å². The van der Waals surface area contributed by atoms with Crippen molar-refractivity contribution in [2.75, 3.05) is 19.8 Å². The third-order valence-electron chi connectivity index (χ3n) is 2.38. The standard InChI is InChI=1S/C10H14N2O2/c1-7-4-10(13)8(5-12-7)9-6-14-3-2-11-9/h4-5,9,11H,2-3,6H2,1H3,(H,12,13). The molecule has 0 amide bonds. The Morgan fingerprint density at radius 3 is 3.07 bits per heavy atom. The Balaban J connectivity index is 2.26. The van der Waals surface area contributed by atoms with Gasteiger partial charge in [0, 0.05) is 30.1 Å². The zero-order valence-corrected chi connectivity index (χ0v) is 8.17. The van der Waals surface area contributed by atoms with Crippen LogP contribution in [-0.4, -0.2) is 24.7 Å². The number of nitrogens with one attached hydrogen (secondary N) is 2. The zero-order valence-electron chi connectivity index (χ0n) is 8.17. The van der Waals surface area contributed by atoms with E-state index in [1.54, 1.807) is 12.3 Å². The van der Waals surface area contributed by atoms with Crippen LogP contribution in [0.1, 0.15) is 17.3 Å². The van der Waals surface area contributed by atoms with E-state index < -0.39 is 0 Å². The Morgan fingerprint density at radius 2 is 2.43 bits per heavy atom. The van der Waals surface area contributed by atoms with Crippen LogP contribution >= 0.6 is 0 Å². The van der Waals surface area contributed by atoms with Gasteiger partial charge in [0.1, 0.15) is 0 Å². The molecule has 0 bridgehead atoms. The molecule has 4 nitrogen and oxygen atoms in total. The van der Waals surface area contributed by atoms with E-state index in [2.05, 4.69) is 10.3 Å². The molecule has 1 unspecified atom stereocenters. The molecule has 0 saturated carbocycles. The van der Waals surface area contributed by atoms with Gasteiger partial charge in [0.15, 0.2) is 5.43 Å². The molecule has 2 N–H and O–H groups in total. The Kier molecular flexibility index (Phi) is 2.65. The SMILES string of the molecule is Cc1cc(=O)c(C2COCCN2)c[nH]1. The van der Waals surface area contributed by atoms with E-state index in [0.717, 1.165) is 24.4 Å². The predicted octanol–water partition coefficient (Wildman–Crippen LogP) is 0.344. The number of ether oxygens (including phenoxy) is 1. The van der Waals surface area contributed by atoms with Crippen LogP contribution in [0.3, 0.4) is 0 Å². The fourth-order valence-corrected chi connectivity index (χ4v) is 1.62. The fourth-order valence-electron chi connectivity index (χ4n) is 1.62. The van der Waals surface area contributed by atoms with Crippen LogP contribution in [0.5, 0.6) is 0 Å². The number of hydrogen-bond donors (Lipinski definition) is 2. The highest BCUT2D eigenvalue weighted by Gasteiger charge is 2.17. The molecule has 0 aromatic carbocycles. The number of hydrogen-bond acceptors (Lipinski definition) is 3. The van der Waals surface area contributed by atoms with E-state index in [4.69, 9.17) is 4.74 Å². The van der Waals surface area contributed by atoms with E-state index in [1.165, 1.54) is 0 Å². The third-order valence-corrected chi connectivity index (χ3v) is 2.38. The summed E-state index contributed by atoms with van der Waals surface area (Å²) in [6.45, 7) is 3.97. The average molecular weight is 194 g/mol. The molecule has 0 radical (unpaired) electrons. The second-order valence-electron chi connectivity index (χ2n) is 3.52. The molecule has 0 aliphatic carbocycles. The van der Waals surface area contributed by atoms with Crippen molar-refractivity contribution in [3.63, 3.8) is 0 Å². The van der Waals surface area contributed by atoms with Crippen molar-refractivity contribution in [3.05, 3.63) is 33.7 Å². The molecule has 4 heteroatoms. The minimum absolute atomic E-state index is 0.0353. The fraction of sp³-hybridized carbons (Fsp3) is 0.500. The molecule has 1 aromatic heterocycles. The normalized spacial score (nSPS) is 22.2. The van der Waals surface area contributed by atoms with E-state index in [0.29, 0.717) is 6.61 Å². The van der Waals surface area contributed by atoms with Crippen molar-refractivity contribution < 1.29 is 4.74 Å². The Hall–Kier alpha value is -1.13. The third kappa shape index (κ3) is 1.86. The number of morpholine rings is 1. The lowest BCUT2D eigenvalue weighted by atomic mass is 10.1. The quantitative estimate of drug-likeness (QED) is 0.678. The van der Waals surface area contributed by atoms with Crippen molar-refractivity contribution in [1.29, 1.82) is 0 Å². The maximum Gasteiger partial charge on any atom is 0.186 e. The highest BCUT2D eigenvalue weighted by atomic mass is 16.5. The van der Waals surface area contributed by atoms with Crippen LogP contribution in [0.25, 0.3) is 0 Å². The Bertz CT molecular complexity index is 367. The van der Waals surface area contributed by atoms with E-state index in [-0.39, 0.29) is 11.5 Å². The summed E-state index contributed by atoms with van der Waals surface area (Å²) >= 11 is 0. The summed E-state index contributed by atoms with van der Waals surface area (Å²) in [6.07, 6.45) is 1.77. The zero-order chi connectivity index (χ0) is 9.97. The first-order chi connectivity index (χ1) is 6.77. The molecule has 76 valence electrons. The van der Waals surface area contributed by atoms with Gasteiger partial charge in [-0.25, -0.2) is 0 Å². The largest absolute Gasteiger partial charge is 0.378 e. The molecule has 0 spiro atoms. The molecular weight excluding hydrogens is 180 g/mol. The lowest BCUT2D eigenvalue weighted by Gasteiger charge is -2.23. The topological polar surface area (TPSA) is 54.1 Å². The van der Waals surface area contributed by atoms with Gasteiger partial charge in [-0.05, 0) is 6.92 Å². The molecule has 2 heterocycles. The Morgan fingerprint density at radius 1 is 1.57 bits per heavy atom. The summed E-state index contributed by atoms with van der Waals surface area (Å²) < 4.78 is 5.31. The monoisotopic (exact) mass is 194 g/mol. The number of pyridine rings is 1. The number of rotatable bonds is 1. The van der Waals surface area contributed by atoms with Crippen molar-refractivity contribution >= 4 is 0 Å². The molecule has 2 rings (SSSR count). The van der Waals surface area contributed by atoms with Gasteiger partial charge in [-0.2, -0.15) is 0 Å². The number of aromatic amines is 1. The van der Waals surface area contributed by atoms with E-state index in [1.807, 2.05) is 6.92 Å². The Labute approximate surface area is 82.3 Å². The van der Waals surface area contributed by atoms with Crippen LogP contribution < -0.4 is 10.7 Å². The van der Waals surface area contributed by atoms with Crippen molar-refractivity contribution in [3.8, 4) is 0 Å². The lowest BCUT2D eigenvalue weighted by Crippen LogP contribution is -2.37. The van der Waals surface area contributed by atoms with Gasteiger partial charge in [-0.1, -0.05) is 0 Å². The minimum Gasteiger partial charge on any atom is -0.378 e. The summed E-state index contributed by atoms with van der Waals surface area (Å²) in [5, 5.41) is 3.25. The minimum atomic E-state index is 0.0353. The molecular formula is C10H14N2O2. The molecule has 14 heavy (non-hydrogen) atoms. The maximum absolute atomic E-state index is 11.6. The maximum atomic E-state index is 11.6. The van der Waals surface area contributed by atoms with Crippen LogP contribution in [-0.2, 0) is 4.74 Å². The van der Waals surface area contributed by atoms with Gasteiger partial charge < -0.3 is 15.0 Å². The molecule has 1 aliphatic heterocycles. The van der Waals surface area contributed by atoms with Crippen molar-refractivity contribution in [2.24, 2.45) is 0 Å². The summed E-state index contributed by atoms with van der Waals surface area (Å²) in [7, 11) is 0. The lowest BCUT2D eigenvalue weighted by molar-refractivity contribution is 0.0765. The smallest absolute Gasteiger partial charge is 0.186 e. The van der Waals surface area contributed by atoms with E-state index >= 15 is 0 Å². The first-order valence-corrected chi connectivity index (χ1v) is 4.78. The van der Waals surface area contributed by atoms with Crippen LogP contribution in [0.15, 0.2) is 17.1 Å². The molecule has 1 saturated heterocycles. The first-order valence-electron chi connectivity index (χ1n) is 4.78. The first kappa shape index (κ1) is 9.43.